The number of allylic oxidation sites excluding steroid dienone is 1. The molecule has 1 saturated heterocycles. The van der Waals surface area contributed by atoms with Gasteiger partial charge in [0.1, 0.15) is 12.2 Å². The first-order valence-corrected chi connectivity index (χ1v) is 7.19. The lowest BCUT2D eigenvalue weighted by atomic mass is 9.63. The number of hydrogen-bond acceptors (Lipinski definition) is 4. The summed E-state index contributed by atoms with van der Waals surface area (Å²) in [5, 5.41) is 9.22. The maximum Gasteiger partial charge on any atom is 0.334 e. The number of esters is 1. The van der Waals surface area contributed by atoms with Gasteiger partial charge >= 0.3 is 11.9 Å². The van der Waals surface area contributed by atoms with E-state index < -0.39 is 11.6 Å². The van der Waals surface area contributed by atoms with Crippen LogP contribution in [0.25, 0.3) is 0 Å². The van der Waals surface area contributed by atoms with Crippen molar-refractivity contribution in [3.63, 3.8) is 0 Å². The molecule has 1 spiro atoms. The van der Waals surface area contributed by atoms with Gasteiger partial charge in [-0.2, -0.15) is 0 Å². The number of carbonyl (C=O) groups is 2. The molecule has 5 nitrogen and oxygen atoms in total. The third-order valence-corrected chi connectivity index (χ3v) is 5.01. The molecule has 4 unspecified atom stereocenters. The first-order valence-electron chi connectivity index (χ1n) is 7.19. The van der Waals surface area contributed by atoms with Crippen molar-refractivity contribution in [2.24, 2.45) is 23.7 Å². The van der Waals surface area contributed by atoms with E-state index in [1.54, 1.807) is 6.08 Å². The first kappa shape index (κ1) is 13.6. The van der Waals surface area contributed by atoms with Crippen molar-refractivity contribution < 1.29 is 24.2 Å². The Labute approximate surface area is 117 Å². The quantitative estimate of drug-likeness (QED) is 0.614. The van der Waals surface area contributed by atoms with E-state index in [4.69, 9.17) is 9.47 Å². The van der Waals surface area contributed by atoms with Crippen molar-refractivity contribution in [1.29, 1.82) is 0 Å². The zero-order chi connectivity index (χ0) is 14.5. The maximum atomic E-state index is 12.3. The summed E-state index contributed by atoms with van der Waals surface area (Å²) in [6.45, 7) is 4.70. The highest BCUT2D eigenvalue weighted by molar-refractivity contribution is 5.88. The van der Waals surface area contributed by atoms with Crippen LogP contribution in [0.2, 0.25) is 0 Å². The fourth-order valence-corrected chi connectivity index (χ4v) is 3.80. The van der Waals surface area contributed by atoms with E-state index in [0.29, 0.717) is 18.4 Å². The number of carboxylic acid groups (broad SMARTS) is 1. The Balaban J connectivity index is 2.01. The highest BCUT2D eigenvalue weighted by atomic mass is 16.6. The fourth-order valence-electron chi connectivity index (χ4n) is 3.80. The number of carbonyl (C=O) groups excluding carboxylic acids is 1. The van der Waals surface area contributed by atoms with Gasteiger partial charge in [-0.3, -0.25) is 4.79 Å². The molecule has 3 rings (SSSR count). The molecule has 0 aromatic heterocycles. The molecular weight excluding hydrogens is 260 g/mol. The van der Waals surface area contributed by atoms with Crippen LogP contribution in [0.5, 0.6) is 0 Å². The van der Waals surface area contributed by atoms with Crippen LogP contribution in [0, 0.1) is 23.7 Å². The Morgan fingerprint density at radius 2 is 2.20 bits per heavy atom. The van der Waals surface area contributed by atoms with Gasteiger partial charge in [0.2, 0.25) is 0 Å². The number of rotatable bonds is 2. The number of fused-ring (bicyclic) bond motifs is 2. The maximum absolute atomic E-state index is 12.3. The number of cyclic esters (lactones) is 1. The first-order chi connectivity index (χ1) is 9.44. The van der Waals surface area contributed by atoms with Crippen molar-refractivity contribution in [2.75, 3.05) is 13.2 Å². The molecule has 2 fully saturated rings. The van der Waals surface area contributed by atoms with E-state index in [-0.39, 0.29) is 30.0 Å². The van der Waals surface area contributed by atoms with Crippen LogP contribution in [0.4, 0.5) is 0 Å². The zero-order valence-corrected chi connectivity index (χ0v) is 11.8. The van der Waals surface area contributed by atoms with Gasteiger partial charge in [0.05, 0.1) is 18.1 Å². The summed E-state index contributed by atoms with van der Waals surface area (Å²) in [6.07, 6.45) is 3.59. The van der Waals surface area contributed by atoms with Gasteiger partial charge in [0, 0.05) is 0 Å². The monoisotopic (exact) mass is 280 g/mol. The Bertz CT molecular complexity index is 475. The van der Waals surface area contributed by atoms with Crippen molar-refractivity contribution in [3.8, 4) is 0 Å². The summed E-state index contributed by atoms with van der Waals surface area (Å²) in [6, 6.07) is 0. The lowest BCUT2D eigenvalue weighted by Crippen LogP contribution is -2.45. The molecule has 0 aromatic carbocycles. The second-order valence-corrected chi connectivity index (χ2v) is 6.46. The fraction of sp³-hybridized carbons (Fsp3) is 0.733. The molecule has 3 aliphatic rings. The summed E-state index contributed by atoms with van der Waals surface area (Å²) >= 11 is 0. The molecule has 2 aliphatic heterocycles. The summed E-state index contributed by atoms with van der Waals surface area (Å²) in [5.74, 6) is -1.04. The number of aliphatic carboxylic acids is 1. The third kappa shape index (κ3) is 2.04. The standard InChI is InChI=1S/C15H20O5/c1-8(2)10-3-4-15(7-20-15)12-11(10)5-9(13(16)17)6-19-14(12)18/h5,8,10-12H,3-4,6-7H2,1-2H3,(H,16,17). The second kappa shape index (κ2) is 4.58. The van der Waals surface area contributed by atoms with Crippen LogP contribution < -0.4 is 0 Å². The van der Waals surface area contributed by atoms with Gasteiger partial charge in [0.15, 0.2) is 0 Å². The van der Waals surface area contributed by atoms with E-state index in [0.717, 1.165) is 12.8 Å². The van der Waals surface area contributed by atoms with Gasteiger partial charge in [-0.1, -0.05) is 19.9 Å². The largest absolute Gasteiger partial charge is 0.478 e. The Morgan fingerprint density at radius 1 is 1.50 bits per heavy atom. The molecule has 0 bridgehead atoms. The second-order valence-electron chi connectivity index (χ2n) is 6.46. The van der Waals surface area contributed by atoms with Crippen LogP contribution in [-0.4, -0.2) is 35.9 Å². The molecule has 1 saturated carbocycles. The van der Waals surface area contributed by atoms with Crippen LogP contribution >= 0.6 is 0 Å². The average molecular weight is 280 g/mol. The van der Waals surface area contributed by atoms with Crippen molar-refractivity contribution in [3.05, 3.63) is 11.6 Å². The van der Waals surface area contributed by atoms with Crippen LogP contribution in [0.1, 0.15) is 26.7 Å². The zero-order valence-electron chi connectivity index (χ0n) is 11.8. The van der Waals surface area contributed by atoms with E-state index in [2.05, 4.69) is 13.8 Å². The van der Waals surface area contributed by atoms with Crippen molar-refractivity contribution in [1.82, 2.24) is 0 Å². The van der Waals surface area contributed by atoms with Crippen LogP contribution in [0.15, 0.2) is 11.6 Å². The smallest absolute Gasteiger partial charge is 0.334 e. The summed E-state index contributed by atoms with van der Waals surface area (Å²) < 4.78 is 10.8. The molecule has 20 heavy (non-hydrogen) atoms. The van der Waals surface area contributed by atoms with Gasteiger partial charge in [-0.05, 0) is 30.6 Å². The van der Waals surface area contributed by atoms with Crippen molar-refractivity contribution in [2.45, 2.75) is 32.3 Å². The molecule has 0 radical (unpaired) electrons. The SMILES string of the molecule is CC(C)C1CCC2(CO2)C2C(=O)OCC(C(=O)O)=CC12. The van der Waals surface area contributed by atoms with E-state index in [1.807, 2.05) is 0 Å². The lowest BCUT2D eigenvalue weighted by molar-refractivity contribution is -0.154. The van der Waals surface area contributed by atoms with Crippen LogP contribution in [0.3, 0.4) is 0 Å². The Kier molecular flexibility index (Phi) is 3.12. The predicted octanol–water partition coefficient (Wildman–Crippen LogP) is 1.62. The summed E-state index contributed by atoms with van der Waals surface area (Å²) in [5.41, 5.74) is -0.202. The number of carboxylic acids is 1. The van der Waals surface area contributed by atoms with Crippen LogP contribution in [-0.2, 0) is 19.1 Å². The summed E-state index contributed by atoms with van der Waals surface area (Å²) in [4.78, 5) is 23.6. The van der Waals surface area contributed by atoms with E-state index >= 15 is 0 Å². The molecule has 4 atom stereocenters. The van der Waals surface area contributed by atoms with E-state index in [1.165, 1.54) is 0 Å². The highest BCUT2D eigenvalue weighted by Crippen LogP contribution is 2.54. The molecule has 110 valence electrons. The lowest BCUT2D eigenvalue weighted by Gasteiger charge is -2.40. The minimum Gasteiger partial charge on any atom is -0.478 e. The molecular formula is C15H20O5. The molecule has 0 aromatic rings. The minimum absolute atomic E-state index is 0.0904. The minimum atomic E-state index is -1.00. The van der Waals surface area contributed by atoms with Gasteiger partial charge in [-0.25, -0.2) is 4.79 Å². The van der Waals surface area contributed by atoms with E-state index in [9.17, 15) is 14.7 Å². The average Bonchev–Trinajstić information content (AvgIpc) is 3.14. The number of ether oxygens (including phenoxy) is 2. The Hall–Kier alpha value is -1.36. The topological polar surface area (TPSA) is 76.1 Å². The Morgan fingerprint density at radius 3 is 2.75 bits per heavy atom. The number of hydrogen-bond donors (Lipinski definition) is 1. The molecule has 2 heterocycles. The van der Waals surface area contributed by atoms with Gasteiger partial charge < -0.3 is 14.6 Å². The molecule has 0 amide bonds. The third-order valence-electron chi connectivity index (χ3n) is 5.01. The predicted molar refractivity (Wildman–Crippen MR) is 69.9 cm³/mol. The summed E-state index contributed by atoms with van der Waals surface area (Å²) in [7, 11) is 0. The highest BCUT2D eigenvalue weighted by Gasteiger charge is 2.62. The molecule has 1 aliphatic carbocycles. The van der Waals surface area contributed by atoms with Gasteiger partial charge in [-0.15, -0.1) is 0 Å². The van der Waals surface area contributed by atoms with Gasteiger partial charge in [0.25, 0.3) is 0 Å². The number of epoxide rings is 1. The van der Waals surface area contributed by atoms with Crippen molar-refractivity contribution >= 4 is 11.9 Å². The normalized spacial score (nSPS) is 39.9. The molecule has 1 N–H and O–H groups in total. The molecule has 5 heteroatoms.